The molecule has 0 amide bonds. The molecule has 0 fully saturated rings. The molecule has 110 valence electrons. The molecule has 0 saturated heterocycles. The van der Waals surface area contributed by atoms with Crippen LogP contribution in [0.15, 0.2) is 18.2 Å². The first kappa shape index (κ1) is 15.1. The van der Waals surface area contributed by atoms with E-state index in [-0.39, 0.29) is 0 Å². The second-order valence-electron chi connectivity index (χ2n) is 5.92. The van der Waals surface area contributed by atoms with E-state index >= 15 is 0 Å². The molecule has 0 aliphatic heterocycles. The molecule has 0 aliphatic carbocycles. The van der Waals surface area contributed by atoms with Crippen molar-refractivity contribution in [3.63, 3.8) is 0 Å². The van der Waals surface area contributed by atoms with E-state index in [1.807, 2.05) is 0 Å². The van der Waals surface area contributed by atoms with Gasteiger partial charge in [-0.05, 0) is 38.0 Å². The van der Waals surface area contributed by atoms with E-state index in [0.29, 0.717) is 0 Å². The first-order valence-corrected chi connectivity index (χ1v) is 8.16. The summed E-state index contributed by atoms with van der Waals surface area (Å²) in [7, 11) is 0. The van der Waals surface area contributed by atoms with Crippen molar-refractivity contribution >= 4 is 11.0 Å². The van der Waals surface area contributed by atoms with Crippen molar-refractivity contribution in [2.75, 3.05) is 0 Å². The zero-order chi connectivity index (χ0) is 14.4. The molecule has 0 aliphatic rings. The summed E-state index contributed by atoms with van der Waals surface area (Å²) in [5, 5.41) is 0. The Bertz CT molecular complexity index is 540. The van der Waals surface area contributed by atoms with Gasteiger partial charge in [-0.1, -0.05) is 51.5 Å². The molecule has 1 heterocycles. The van der Waals surface area contributed by atoms with Gasteiger partial charge < -0.3 is 4.57 Å². The monoisotopic (exact) mass is 272 g/mol. The van der Waals surface area contributed by atoms with Gasteiger partial charge in [0.05, 0.1) is 11.0 Å². The summed E-state index contributed by atoms with van der Waals surface area (Å²) in [6.45, 7) is 7.63. The van der Waals surface area contributed by atoms with Gasteiger partial charge >= 0.3 is 0 Å². The molecule has 2 rings (SSSR count). The fourth-order valence-corrected chi connectivity index (χ4v) is 2.87. The minimum Gasteiger partial charge on any atom is -0.328 e. The van der Waals surface area contributed by atoms with Gasteiger partial charge in [0.2, 0.25) is 0 Å². The molecule has 0 radical (unpaired) electrons. The largest absolute Gasteiger partial charge is 0.328 e. The zero-order valence-corrected chi connectivity index (χ0v) is 13.3. The molecule has 2 nitrogen and oxygen atoms in total. The smallest absolute Gasteiger partial charge is 0.106 e. The van der Waals surface area contributed by atoms with Gasteiger partial charge in [-0.25, -0.2) is 4.98 Å². The van der Waals surface area contributed by atoms with Gasteiger partial charge in [0, 0.05) is 6.54 Å². The van der Waals surface area contributed by atoms with E-state index in [4.69, 9.17) is 0 Å². The number of benzene rings is 1. The van der Waals surface area contributed by atoms with E-state index in [1.165, 1.54) is 56.0 Å². The molecule has 0 unspecified atom stereocenters. The molecule has 0 N–H and O–H groups in total. The van der Waals surface area contributed by atoms with Crippen molar-refractivity contribution in [1.29, 1.82) is 0 Å². The Balaban J connectivity index is 1.85. The van der Waals surface area contributed by atoms with Crippen LogP contribution in [0.2, 0.25) is 0 Å². The van der Waals surface area contributed by atoms with Gasteiger partial charge in [-0.3, -0.25) is 0 Å². The summed E-state index contributed by atoms with van der Waals surface area (Å²) in [5.41, 5.74) is 3.72. The van der Waals surface area contributed by atoms with Gasteiger partial charge in [0.25, 0.3) is 0 Å². The van der Waals surface area contributed by atoms with E-state index in [2.05, 4.69) is 48.5 Å². The fraction of sp³-hybridized carbons (Fsp3) is 0.611. The molecule has 2 aromatic rings. The second kappa shape index (κ2) is 7.47. The van der Waals surface area contributed by atoms with Crippen LogP contribution >= 0.6 is 0 Å². The van der Waals surface area contributed by atoms with Crippen molar-refractivity contribution in [1.82, 2.24) is 9.55 Å². The first-order valence-electron chi connectivity index (χ1n) is 8.16. The lowest BCUT2D eigenvalue weighted by Crippen LogP contribution is -2.00. The Morgan fingerprint density at radius 3 is 2.40 bits per heavy atom. The number of imidazole rings is 1. The van der Waals surface area contributed by atoms with Crippen LogP contribution in [0, 0.1) is 13.8 Å². The highest BCUT2D eigenvalue weighted by Crippen LogP contribution is 2.18. The van der Waals surface area contributed by atoms with E-state index in [1.54, 1.807) is 0 Å². The maximum absolute atomic E-state index is 4.68. The van der Waals surface area contributed by atoms with Crippen molar-refractivity contribution in [2.45, 2.75) is 72.3 Å². The molecule has 1 aromatic heterocycles. The predicted octanol–water partition coefficient (Wildman–Crippen LogP) is 5.40. The third-order valence-electron chi connectivity index (χ3n) is 4.08. The third-order valence-corrected chi connectivity index (χ3v) is 4.08. The van der Waals surface area contributed by atoms with Gasteiger partial charge in [-0.15, -0.1) is 0 Å². The maximum atomic E-state index is 4.68. The van der Waals surface area contributed by atoms with Crippen LogP contribution in [0.25, 0.3) is 11.0 Å². The average molecular weight is 272 g/mol. The molecule has 0 saturated carbocycles. The summed E-state index contributed by atoms with van der Waals surface area (Å²) >= 11 is 0. The Labute approximate surface area is 123 Å². The van der Waals surface area contributed by atoms with Crippen molar-refractivity contribution in [3.05, 3.63) is 29.6 Å². The lowest BCUT2D eigenvalue weighted by atomic mass is 10.1. The molecule has 0 spiro atoms. The summed E-state index contributed by atoms with van der Waals surface area (Å²) in [6.07, 6.45) is 9.52. The zero-order valence-electron chi connectivity index (χ0n) is 13.3. The van der Waals surface area contributed by atoms with Crippen molar-refractivity contribution in [2.24, 2.45) is 0 Å². The molecule has 0 atom stereocenters. The Morgan fingerprint density at radius 1 is 0.950 bits per heavy atom. The lowest BCUT2D eigenvalue weighted by molar-refractivity contribution is 0.550. The molecule has 0 bridgehead atoms. The summed E-state index contributed by atoms with van der Waals surface area (Å²) in [5.74, 6) is 1.15. The van der Waals surface area contributed by atoms with Crippen molar-refractivity contribution < 1.29 is 0 Å². The minimum absolute atomic E-state index is 1.11. The van der Waals surface area contributed by atoms with Crippen LogP contribution in [0.4, 0.5) is 0 Å². The summed E-state index contributed by atoms with van der Waals surface area (Å²) in [4.78, 5) is 4.68. The van der Waals surface area contributed by atoms with Crippen LogP contribution < -0.4 is 0 Å². The number of rotatable bonds is 8. The van der Waals surface area contributed by atoms with Gasteiger partial charge in [0.1, 0.15) is 5.82 Å². The quantitative estimate of drug-likeness (QED) is 0.588. The topological polar surface area (TPSA) is 17.8 Å². The second-order valence-corrected chi connectivity index (χ2v) is 5.92. The van der Waals surface area contributed by atoms with Crippen LogP contribution in [-0.2, 0) is 6.54 Å². The normalized spacial score (nSPS) is 11.3. The van der Waals surface area contributed by atoms with Gasteiger partial charge in [0.15, 0.2) is 0 Å². The minimum atomic E-state index is 1.11. The molecule has 20 heavy (non-hydrogen) atoms. The predicted molar refractivity (Wildman–Crippen MR) is 87.2 cm³/mol. The number of fused-ring (bicyclic) bond motifs is 1. The molecular formula is C18H28N2. The Kier molecular flexibility index (Phi) is 5.63. The summed E-state index contributed by atoms with van der Waals surface area (Å²) < 4.78 is 2.38. The SMILES string of the molecule is CCCCCCCCCn1c(C)nc2cc(C)ccc21. The maximum Gasteiger partial charge on any atom is 0.106 e. The van der Waals surface area contributed by atoms with Gasteiger partial charge in [-0.2, -0.15) is 0 Å². The number of hydrogen-bond donors (Lipinski definition) is 0. The number of unbranched alkanes of at least 4 members (excludes halogenated alkanes) is 6. The fourth-order valence-electron chi connectivity index (χ4n) is 2.87. The highest BCUT2D eigenvalue weighted by molar-refractivity contribution is 5.76. The Morgan fingerprint density at radius 2 is 1.65 bits per heavy atom. The van der Waals surface area contributed by atoms with Crippen LogP contribution in [0.3, 0.4) is 0 Å². The first-order chi connectivity index (χ1) is 9.72. The third kappa shape index (κ3) is 3.84. The number of aryl methyl sites for hydroxylation is 3. The molecule has 2 heteroatoms. The van der Waals surface area contributed by atoms with E-state index in [9.17, 15) is 0 Å². The van der Waals surface area contributed by atoms with E-state index < -0.39 is 0 Å². The van der Waals surface area contributed by atoms with E-state index in [0.717, 1.165) is 17.9 Å². The molecular weight excluding hydrogens is 244 g/mol. The average Bonchev–Trinajstić information content (AvgIpc) is 2.73. The highest BCUT2D eigenvalue weighted by Gasteiger charge is 2.06. The molecule has 1 aromatic carbocycles. The number of aromatic nitrogens is 2. The van der Waals surface area contributed by atoms with Crippen LogP contribution in [0.5, 0.6) is 0 Å². The summed E-state index contributed by atoms with van der Waals surface area (Å²) in [6, 6.07) is 6.58. The Hall–Kier alpha value is -1.31. The number of nitrogens with zero attached hydrogens (tertiary/aromatic N) is 2. The van der Waals surface area contributed by atoms with Crippen LogP contribution in [0.1, 0.15) is 63.3 Å². The van der Waals surface area contributed by atoms with Crippen LogP contribution in [-0.4, -0.2) is 9.55 Å². The standard InChI is InChI=1S/C18H28N2/c1-4-5-6-7-8-9-10-13-20-16(3)19-17-14-15(2)11-12-18(17)20/h11-12,14H,4-10,13H2,1-3H3. The lowest BCUT2D eigenvalue weighted by Gasteiger charge is -2.07. The van der Waals surface area contributed by atoms with Crippen molar-refractivity contribution in [3.8, 4) is 0 Å². The highest BCUT2D eigenvalue weighted by atomic mass is 15.1. The number of hydrogen-bond acceptors (Lipinski definition) is 1.